The topological polar surface area (TPSA) is 38.2 Å². The zero-order chi connectivity index (χ0) is 14.9. The summed E-state index contributed by atoms with van der Waals surface area (Å²) in [6, 6.07) is 7.57. The van der Waals surface area contributed by atoms with Crippen LogP contribution in [0.1, 0.15) is 0 Å². The van der Waals surface area contributed by atoms with Gasteiger partial charge in [0.1, 0.15) is 18.7 Å². The van der Waals surface area contributed by atoms with E-state index in [9.17, 15) is 8.78 Å². The Bertz CT molecular complexity index is 636. The molecule has 0 radical (unpaired) electrons. The van der Waals surface area contributed by atoms with E-state index >= 15 is 0 Å². The van der Waals surface area contributed by atoms with E-state index < -0.39 is 12.7 Å². The normalized spacial score (nSPS) is 17.8. The monoisotopic (exact) mass is 355 g/mol. The second-order valence-corrected chi connectivity index (χ2v) is 5.59. The largest absolute Gasteiger partial charge is 0.373 e. The molecule has 0 amide bonds. The minimum absolute atomic E-state index is 0.0310. The zero-order valence-corrected chi connectivity index (χ0v) is 12.6. The van der Waals surface area contributed by atoms with Crippen molar-refractivity contribution in [2.24, 2.45) is 0 Å². The van der Waals surface area contributed by atoms with Crippen molar-refractivity contribution in [3.63, 3.8) is 0 Å². The van der Waals surface area contributed by atoms with Gasteiger partial charge in [-0.25, -0.2) is 9.97 Å². The number of halogens is 3. The Morgan fingerprint density at radius 1 is 1.24 bits per heavy atom. The van der Waals surface area contributed by atoms with Crippen LogP contribution in [0, 0.1) is 0 Å². The predicted molar refractivity (Wildman–Crippen MR) is 78.3 cm³/mol. The SMILES string of the molecule is FC1(F)CN(c2ncncc2-c2ccc(Br)cc2)CCO1. The molecule has 1 aliphatic heterocycles. The minimum Gasteiger partial charge on any atom is -0.345 e. The van der Waals surface area contributed by atoms with Gasteiger partial charge >= 0.3 is 6.11 Å². The van der Waals surface area contributed by atoms with Crippen molar-refractivity contribution in [1.82, 2.24) is 9.97 Å². The number of ether oxygens (including phenoxy) is 1. The van der Waals surface area contributed by atoms with E-state index in [-0.39, 0.29) is 6.61 Å². The summed E-state index contributed by atoms with van der Waals surface area (Å²) in [7, 11) is 0. The van der Waals surface area contributed by atoms with Gasteiger partial charge in [-0.3, -0.25) is 0 Å². The summed E-state index contributed by atoms with van der Waals surface area (Å²) in [5.41, 5.74) is 1.60. The van der Waals surface area contributed by atoms with Gasteiger partial charge < -0.3 is 9.64 Å². The third kappa shape index (κ3) is 3.19. The highest BCUT2D eigenvalue weighted by Gasteiger charge is 2.37. The first-order valence-electron chi connectivity index (χ1n) is 6.38. The van der Waals surface area contributed by atoms with Crippen LogP contribution in [0.3, 0.4) is 0 Å². The van der Waals surface area contributed by atoms with Gasteiger partial charge in [0.05, 0.1) is 6.61 Å². The Labute approximate surface area is 128 Å². The van der Waals surface area contributed by atoms with E-state index in [1.54, 1.807) is 6.20 Å². The molecule has 0 atom stereocenters. The number of rotatable bonds is 2. The van der Waals surface area contributed by atoms with Crippen LogP contribution >= 0.6 is 15.9 Å². The summed E-state index contributed by atoms with van der Waals surface area (Å²) in [6.07, 6.45) is -0.148. The highest BCUT2D eigenvalue weighted by Crippen LogP contribution is 2.32. The van der Waals surface area contributed by atoms with Crippen molar-refractivity contribution < 1.29 is 13.5 Å². The van der Waals surface area contributed by atoms with Gasteiger partial charge in [0.25, 0.3) is 0 Å². The van der Waals surface area contributed by atoms with Crippen molar-refractivity contribution in [3.8, 4) is 11.1 Å². The molecule has 1 aliphatic rings. The Morgan fingerprint density at radius 3 is 2.71 bits per heavy atom. The van der Waals surface area contributed by atoms with Crippen molar-refractivity contribution in [2.45, 2.75) is 6.11 Å². The molecule has 2 heterocycles. The molecule has 7 heteroatoms. The zero-order valence-electron chi connectivity index (χ0n) is 11.0. The van der Waals surface area contributed by atoms with Crippen LogP contribution in [0.2, 0.25) is 0 Å². The lowest BCUT2D eigenvalue weighted by atomic mass is 10.1. The van der Waals surface area contributed by atoms with Gasteiger partial charge in [-0.05, 0) is 17.7 Å². The summed E-state index contributed by atoms with van der Waals surface area (Å²) in [5.74, 6) is 0.496. The first-order chi connectivity index (χ1) is 10.1. The van der Waals surface area contributed by atoms with E-state index in [2.05, 4.69) is 30.6 Å². The second kappa shape index (κ2) is 5.65. The smallest absolute Gasteiger partial charge is 0.345 e. The van der Waals surface area contributed by atoms with E-state index in [1.807, 2.05) is 24.3 Å². The fourth-order valence-electron chi connectivity index (χ4n) is 2.24. The molecule has 0 bridgehead atoms. The van der Waals surface area contributed by atoms with Crippen LogP contribution in [0.4, 0.5) is 14.6 Å². The Morgan fingerprint density at radius 2 is 2.00 bits per heavy atom. The summed E-state index contributed by atoms with van der Waals surface area (Å²) in [4.78, 5) is 9.72. The maximum atomic E-state index is 13.4. The van der Waals surface area contributed by atoms with Crippen LogP contribution in [0.25, 0.3) is 11.1 Å². The highest BCUT2D eigenvalue weighted by molar-refractivity contribution is 9.10. The lowest BCUT2D eigenvalue weighted by Crippen LogP contribution is -2.47. The van der Waals surface area contributed by atoms with Crippen LogP contribution in [-0.4, -0.2) is 35.8 Å². The Balaban J connectivity index is 1.98. The predicted octanol–water partition coefficient (Wildman–Crippen LogP) is 3.34. The molecule has 0 spiro atoms. The standard InChI is InChI=1S/C14H12BrF2N3O/c15-11-3-1-10(2-4-11)12-7-18-9-19-13(12)20-5-6-21-14(16,17)8-20/h1-4,7,9H,5-6,8H2. The summed E-state index contributed by atoms with van der Waals surface area (Å²) >= 11 is 3.37. The van der Waals surface area contributed by atoms with Gasteiger partial charge in [0.15, 0.2) is 0 Å². The van der Waals surface area contributed by atoms with Crippen molar-refractivity contribution in [2.75, 3.05) is 24.6 Å². The maximum absolute atomic E-state index is 13.4. The van der Waals surface area contributed by atoms with Gasteiger partial charge in [-0.2, -0.15) is 8.78 Å². The molecule has 0 saturated carbocycles. The van der Waals surface area contributed by atoms with E-state index in [1.165, 1.54) is 11.2 Å². The number of alkyl halides is 2. The van der Waals surface area contributed by atoms with Gasteiger partial charge in [0, 0.05) is 22.8 Å². The molecule has 0 unspecified atom stereocenters. The molecule has 4 nitrogen and oxygen atoms in total. The lowest BCUT2D eigenvalue weighted by molar-refractivity contribution is -0.240. The number of hydrogen-bond donors (Lipinski definition) is 0. The number of anilines is 1. The van der Waals surface area contributed by atoms with Crippen LogP contribution in [0.5, 0.6) is 0 Å². The first kappa shape index (κ1) is 14.3. The quantitative estimate of drug-likeness (QED) is 0.828. The fourth-order valence-corrected chi connectivity index (χ4v) is 2.51. The number of benzene rings is 1. The molecule has 0 aliphatic carbocycles. The summed E-state index contributed by atoms with van der Waals surface area (Å²) in [6.45, 7) is -0.166. The minimum atomic E-state index is -3.15. The molecule has 0 N–H and O–H groups in total. The lowest BCUT2D eigenvalue weighted by Gasteiger charge is -2.33. The maximum Gasteiger partial charge on any atom is 0.373 e. The number of nitrogens with zero attached hydrogens (tertiary/aromatic N) is 3. The molecule has 110 valence electrons. The average molecular weight is 356 g/mol. The van der Waals surface area contributed by atoms with E-state index in [4.69, 9.17) is 0 Å². The first-order valence-corrected chi connectivity index (χ1v) is 7.17. The molecule has 1 aromatic carbocycles. The second-order valence-electron chi connectivity index (χ2n) is 4.67. The van der Waals surface area contributed by atoms with Gasteiger partial charge in [-0.15, -0.1) is 0 Å². The number of aromatic nitrogens is 2. The van der Waals surface area contributed by atoms with Crippen LogP contribution < -0.4 is 4.90 Å². The van der Waals surface area contributed by atoms with Gasteiger partial charge in [0.2, 0.25) is 0 Å². The van der Waals surface area contributed by atoms with Gasteiger partial charge in [-0.1, -0.05) is 28.1 Å². The number of morpholine rings is 1. The van der Waals surface area contributed by atoms with E-state index in [0.717, 1.165) is 15.6 Å². The molecular weight excluding hydrogens is 344 g/mol. The Hall–Kier alpha value is -1.60. The van der Waals surface area contributed by atoms with Crippen LogP contribution in [-0.2, 0) is 4.74 Å². The molecule has 1 fully saturated rings. The highest BCUT2D eigenvalue weighted by atomic mass is 79.9. The molecule has 1 saturated heterocycles. The van der Waals surface area contributed by atoms with Crippen molar-refractivity contribution >= 4 is 21.7 Å². The molecule has 21 heavy (non-hydrogen) atoms. The van der Waals surface area contributed by atoms with Crippen molar-refractivity contribution in [3.05, 3.63) is 41.3 Å². The third-order valence-corrected chi connectivity index (χ3v) is 3.72. The average Bonchev–Trinajstić information content (AvgIpc) is 2.47. The van der Waals surface area contributed by atoms with Crippen molar-refractivity contribution in [1.29, 1.82) is 0 Å². The molecule has 1 aromatic heterocycles. The summed E-state index contributed by atoms with van der Waals surface area (Å²) in [5, 5.41) is 0. The summed E-state index contributed by atoms with van der Waals surface area (Å²) < 4.78 is 32.2. The molecular formula is C14H12BrF2N3O. The third-order valence-electron chi connectivity index (χ3n) is 3.20. The fraction of sp³-hybridized carbons (Fsp3) is 0.286. The van der Waals surface area contributed by atoms with E-state index in [0.29, 0.717) is 12.4 Å². The molecule has 2 aromatic rings. The molecule has 3 rings (SSSR count). The number of hydrogen-bond acceptors (Lipinski definition) is 4. The Kier molecular flexibility index (Phi) is 3.86. The van der Waals surface area contributed by atoms with Crippen LogP contribution in [0.15, 0.2) is 41.3 Å².